The van der Waals surface area contributed by atoms with Crippen molar-refractivity contribution in [3.63, 3.8) is 0 Å². The van der Waals surface area contributed by atoms with E-state index in [9.17, 15) is 9.59 Å². The first-order valence-corrected chi connectivity index (χ1v) is 8.72. The zero-order chi connectivity index (χ0) is 18.2. The third kappa shape index (κ3) is 5.94. The topological polar surface area (TPSA) is 73.9 Å². The molecule has 0 bridgehead atoms. The lowest BCUT2D eigenvalue weighted by Gasteiger charge is -2.30. The summed E-state index contributed by atoms with van der Waals surface area (Å²) < 4.78 is 5.14. The Labute approximate surface area is 149 Å². The number of hydrazine groups is 1. The zero-order valence-corrected chi connectivity index (χ0v) is 15.2. The van der Waals surface area contributed by atoms with Crippen LogP contribution in [0.1, 0.15) is 32.3 Å². The van der Waals surface area contributed by atoms with Crippen LogP contribution in [0.4, 0.5) is 9.59 Å². The summed E-state index contributed by atoms with van der Waals surface area (Å²) in [5.41, 5.74) is 3.37. The van der Waals surface area contributed by atoms with Gasteiger partial charge in [0.25, 0.3) is 0 Å². The van der Waals surface area contributed by atoms with Crippen LogP contribution in [-0.2, 0) is 11.3 Å². The molecule has 1 fully saturated rings. The van der Waals surface area contributed by atoms with Crippen molar-refractivity contribution in [3.05, 3.63) is 35.9 Å². The fourth-order valence-electron chi connectivity index (χ4n) is 2.80. The highest BCUT2D eigenvalue weighted by molar-refractivity contribution is 5.78. The van der Waals surface area contributed by atoms with Crippen LogP contribution in [0.3, 0.4) is 0 Å². The Morgan fingerprint density at radius 2 is 2.04 bits per heavy atom. The van der Waals surface area contributed by atoms with Gasteiger partial charge in [-0.25, -0.2) is 20.0 Å². The molecule has 3 amide bonds. The van der Waals surface area contributed by atoms with Crippen LogP contribution in [0.2, 0.25) is 0 Å². The quantitative estimate of drug-likeness (QED) is 0.801. The van der Waals surface area contributed by atoms with Gasteiger partial charge in [-0.3, -0.25) is 0 Å². The standard InChI is InChI=1S/C18H28N4O3/c1-14(2)19-12-16-10-7-11-22(16)18(24)21(3)20-17(23)25-13-15-8-5-4-6-9-15/h4-6,8-9,14,16,19H,7,10-13H2,1-3H3,(H,20,23)/t16-/m0/s1. The van der Waals surface area contributed by atoms with Crippen molar-refractivity contribution in [2.75, 3.05) is 20.1 Å². The summed E-state index contributed by atoms with van der Waals surface area (Å²) in [5.74, 6) is 0. The van der Waals surface area contributed by atoms with Gasteiger partial charge in [0.15, 0.2) is 0 Å². The summed E-state index contributed by atoms with van der Waals surface area (Å²) in [6.45, 7) is 5.79. The third-order valence-corrected chi connectivity index (χ3v) is 4.14. The van der Waals surface area contributed by atoms with Gasteiger partial charge in [-0.1, -0.05) is 44.2 Å². The second-order valence-electron chi connectivity index (χ2n) is 6.57. The lowest BCUT2D eigenvalue weighted by atomic mass is 10.2. The van der Waals surface area contributed by atoms with Crippen molar-refractivity contribution in [2.24, 2.45) is 0 Å². The highest BCUT2D eigenvalue weighted by atomic mass is 16.6. The van der Waals surface area contributed by atoms with Crippen LogP contribution in [0.5, 0.6) is 0 Å². The van der Waals surface area contributed by atoms with Gasteiger partial charge >= 0.3 is 12.1 Å². The lowest BCUT2D eigenvalue weighted by molar-refractivity contribution is 0.101. The number of rotatable bonds is 5. The first kappa shape index (κ1) is 19.1. The minimum absolute atomic E-state index is 0.152. The average Bonchev–Trinajstić information content (AvgIpc) is 3.06. The Hall–Kier alpha value is -2.28. The van der Waals surface area contributed by atoms with E-state index in [1.54, 1.807) is 4.90 Å². The van der Waals surface area contributed by atoms with E-state index in [0.717, 1.165) is 24.9 Å². The molecule has 0 aromatic heterocycles. The molecule has 1 atom stereocenters. The number of nitrogens with one attached hydrogen (secondary N) is 2. The van der Waals surface area contributed by atoms with Gasteiger partial charge in [0, 0.05) is 32.2 Å². The van der Waals surface area contributed by atoms with Crippen LogP contribution in [-0.4, -0.2) is 54.3 Å². The Balaban J connectivity index is 1.79. The summed E-state index contributed by atoms with van der Waals surface area (Å²) >= 11 is 0. The number of benzene rings is 1. The maximum Gasteiger partial charge on any atom is 0.426 e. The van der Waals surface area contributed by atoms with Gasteiger partial charge in [-0.2, -0.15) is 0 Å². The molecular weight excluding hydrogens is 320 g/mol. The molecule has 1 aromatic rings. The van der Waals surface area contributed by atoms with E-state index in [2.05, 4.69) is 24.6 Å². The molecule has 0 unspecified atom stereocenters. The molecular formula is C18H28N4O3. The van der Waals surface area contributed by atoms with Crippen molar-refractivity contribution in [1.82, 2.24) is 20.7 Å². The Morgan fingerprint density at radius 3 is 2.72 bits per heavy atom. The van der Waals surface area contributed by atoms with E-state index in [1.165, 1.54) is 12.1 Å². The van der Waals surface area contributed by atoms with E-state index in [4.69, 9.17) is 4.74 Å². The summed E-state index contributed by atoms with van der Waals surface area (Å²) in [4.78, 5) is 26.2. The molecule has 2 rings (SSSR count). The van der Waals surface area contributed by atoms with Gasteiger partial charge in [-0.05, 0) is 18.4 Å². The van der Waals surface area contributed by atoms with Gasteiger partial charge in [-0.15, -0.1) is 0 Å². The number of likely N-dealkylation sites (tertiary alicyclic amines) is 1. The maximum atomic E-state index is 12.6. The van der Waals surface area contributed by atoms with E-state index in [0.29, 0.717) is 12.6 Å². The number of amides is 3. The van der Waals surface area contributed by atoms with Crippen molar-refractivity contribution < 1.29 is 14.3 Å². The van der Waals surface area contributed by atoms with E-state index < -0.39 is 6.09 Å². The van der Waals surface area contributed by atoms with Gasteiger partial charge in [0.2, 0.25) is 0 Å². The molecule has 1 saturated heterocycles. The molecule has 7 heteroatoms. The molecule has 1 heterocycles. The fraction of sp³-hybridized carbons (Fsp3) is 0.556. The minimum atomic E-state index is -0.643. The van der Waals surface area contributed by atoms with E-state index in [-0.39, 0.29) is 18.7 Å². The molecule has 1 aliphatic heterocycles. The van der Waals surface area contributed by atoms with Crippen LogP contribution in [0.25, 0.3) is 0 Å². The first-order valence-electron chi connectivity index (χ1n) is 8.72. The molecule has 1 aromatic carbocycles. The normalized spacial score (nSPS) is 16.8. The highest BCUT2D eigenvalue weighted by Crippen LogP contribution is 2.18. The predicted molar refractivity (Wildman–Crippen MR) is 95.8 cm³/mol. The molecule has 0 spiro atoms. The first-order chi connectivity index (χ1) is 12.0. The van der Waals surface area contributed by atoms with Crippen LogP contribution < -0.4 is 10.7 Å². The largest absolute Gasteiger partial charge is 0.443 e. The molecule has 0 aliphatic carbocycles. The zero-order valence-electron chi connectivity index (χ0n) is 15.2. The van der Waals surface area contributed by atoms with Crippen molar-refractivity contribution in [2.45, 2.75) is 45.4 Å². The lowest BCUT2D eigenvalue weighted by Crippen LogP contribution is -2.53. The van der Waals surface area contributed by atoms with E-state index in [1.807, 2.05) is 30.3 Å². The average molecular weight is 348 g/mol. The number of ether oxygens (including phenoxy) is 1. The smallest absolute Gasteiger partial charge is 0.426 e. The summed E-state index contributed by atoms with van der Waals surface area (Å²) in [5, 5.41) is 4.56. The third-order valence-electron chi connectivity index (χ3n) is 4.14. The molecule has 25 heavy (non-hydrogen) atoms. The Bertz CT molecular complexity index is 565. The summed E-state index contributed by atoms with van der Waals surface area (Å²) in [7, 11) is 1.54. The SMILES string of the molecule is CC(C)NC[C@@H]1CCCN1C(=O)N(C)NC(=O)OCc1ccccc1. The molecule has 7 nitrogen and oxygen atoms in total. The molecule has 138 valence electrons. The second-order valence-corrected chi connectivity index (χ2v) is 6.57. The van der Waals surface area contributed by atoms with Crippen LogP contribution in [0.15, 0.2) is 30.3 Å². The van der Waals surface area contributed by atoms with Crippen LogP contribution >= 0.6 is 0 Å². The number of hydrogen-bond donors (Lipinski definition) is 2. The van der Waals surface area contributed by atoms with Crippen molar-refractivity contribution in [1.29, 1.82) is 0 Å². The summed E-state index contributed by atoms with van der Waals surface area (Å²) in [6, 6.07) is 9.72. The van der Waals surface area contributed by atoms with Gasteiger partial charge in [0.05, 0.1) is 0 Å². The van der Waals surface area contributed by atoms with Gasteiger partial charge in [0.1, 0.15) is 6.61 Å². The van der Waals surface area contributed by atoms with Crippen molar-refractivity contribution >= 4 is 12.1 Å². The second kappa shape index (κ2) is 9.27. The summed E-state index contributed by atoms with van der Waals surface area (Å²) in [6.07, 6.45) is 1.30. The molecule has 1 aliphatic rings. The predicted octanol–water partition coefficient (Wildman–Crippen LogP) is 2.34. The minimum Gasteiger partial charge on any atom is -0.443 e. The molecule has 2 N–H and O–H groups in total. The number of nitrogens with zero attached hydrogens (tertiary/aromatic N) is 2. The Morgan fingerprint density at radius 1 is 1.32 bits per heavy atom. The number of carbonyl (C=O) groups is 2. The van der Waals surface area contributed by atoms with Gasteiger partial charge < -0.3 is 15.0 Å². The fourth-order valence-corrected chi connectivity index (χ4v) is 2.80. The highest BCUT2D eigenvalue weighted by Gasteiger charge is 2.31. The number of carbonyl (C=O) groups excluding carboxylic acids is 2. The molecule has 0 radical (unpaired) electrons. The number of hydrogen-bond acceptors (Lipinski definition) is 4. The van der Waals surface area contributed by atoms with Crippen molar-refractivity contribution in [3.8, 4) is 0 Å². The maximum absolute atomic E-state index is 12.6. The number of urea groups is 1. The van der Waals surface area contributed by atoms with Crippen LogP contribution in [0, 0.1) is 0 Å². The Kier molecular flexibility index (Phi) is 7.06. The monoisotopic (exact) mass is 348 g/mol. The molecule has 0 saturated carbocycles. The van der Waals surface area contributed by atoms with E-state index >= 15 is 0 Å².